The van der Waals surface area contributed by atoms with Gasteiger partial charge in [-0.1, -0.05) is 103 Å². The molecule has 4 aliphatic rings. The van der Waals surface area contributed by atoms with Gasteiger partial charge in [-0.25, -0.2) is 4.79 Å². The molecule has 0 aliphatic carbocycles. The van der Waals surface area contributed by atoms with Crippen molar-refractivity contribution < 1.29 is 4.79 Å². The third-order valence-corrected chi connectivity index (χ3v) is 7.47. The van der Waals surface area contributed by atoms with Crippen molar-refractivity contribution in [3.05, 3.63) is 0 Å². The lowest BCUT2D eigenvalue weighted by Gasteiger charge is -2.60. The number of amides is 2. The van der Waals surface area contributed by atoms with E-state index in [1.165, 1.54) is 96.3 Å². The van der Waals surface area contributed by atoms with Crippen molar-refractivity contribution in [3.63, 3.8) is 0 Å². The molecule has 0 saturated carbocycles. The number of carbonyl (C=O) groups excluding carboxylic acids is 1. The number of carbonyl (C=O) groups is 1. The number of nitrogens with zero attached hydrogens (tertiary/aromatic N) is 3. The molecule has 186 valence electrons. The summed E-state index contributed by atoms with van der Waals surface area (Å²) < 4.78 is 0. The molecule has 0 unspecified atom stereocenters. The van der Waals surface area contributed by atoms with Crippen LogP contribution in [0.5, 0.6) is 0 Å². The van der Waals surface area contributed by atoms with E-state index in [0.29, 0.717) is 0 Å². The van der Waals surface area contributed by atoms with E-state index in [4.69, 9.17) is 0 Å². The molecule has 6 nitrogen and oxygen atoms in total. The molecule has 4 heterocycles. The van der Waals surface area contributed by atoms with Crippen LogP contribution >= 0.6 is 0 Å². The van der Waals surface area contributed by atoms with Crippen molar-refractivity contribution in [2.24, 2.45) is 0 Å². The van der Waals surface area contributed by atoms with Gasteiger partial charge in [-0.15, -0.1) is 0 Å². The van der Waals surface area contributed by atoms with Crippen LogP contribution in [0.1, 0.15) is 110 Å². The Morgan fingerprint density at radius 2 is 1.00 bits per heavy atom. The zero-order valence-corrected chi connectivity index (χ0v) is 21.0. The van der Waals surface area contributed by atoms with Crippen LogP contribution < -0.4 is 10.6 Å². The van der Waals surface area contributed by atoms with Crippen LogP contribution in [0.25, 0.3) is 0 Å². The molecule has 0 aromatic carbocycles. The summed E-state index contributed by atoms with van der Waals surface area (Å²) >= 11 is 0. The van der Waals surface area contributed by atoms with Gasteiger partial charge in [0.2, 0.25) is 0 Å². The van der Waals surface area contributed by atoms with Gasteiger partial charge in [-0.05, 0) is 6.42 Å². The molecule has 6 heteroatoms. The molecule has 0 radical (unpaired) electrons. The third kappa shape index (κ3) is 9.18. The second-order valence-corrected chi connectivity index (χ2v) is 10.9. The first-order valence-electron chi connectivity index (χ1n) is 13.9. The lowest BCUT2D eigenvalue weighted by molar-refractivity contribution is -0.146. The fraction of sp³-hybridized carbons (Fsp3) is 0.962. The van der Waals surface area contributed by atoms with Gasteiger partial charge >= 0.3 is 6.03 Å². The molecule has 0 spiro atoms. The highest BCUT2D eigenvalue weighted by atomic mass is 16.2. The second-order valence-electron chi connectivity index (χ2n) is 10.9. The van der Waals surface area contributed by atoms with E-state index in [1.807, 2.05) is 0 Å². The third-order valence-electron chi connectivity index (χ3n) is 7.47. The topological polar surface area (TPSA) is 50.9 Å². The maximum Gasteiger partial charge on any atom is 0.315 e. The summed E-state index contributed by atoms with van der Waals surface area (Å²) in [5.41, 5.74) is -0.0759. The number of unbranched alkanes of at least 4 members (excludes halogenated alkanes) is 15. The van der Waals surface area contributed by atoms with Crippen molar-refractivity contribution in [2.75, 3.05) is 46.2 Å². The van der Waals surface area contributed by atoms with Crippen molar-refractivity contribution in [3.8, 4) is 0 Å². The van der Waals surface area contributed by atoms with E-state index in [-0.39, 0.29) is 11.6 Å². The van der Waals surface area contributed by atoms with Gasteiger partial charge in [0.25, 0.3) is 0 Å². The van der Waals surface area contributed by atoms with Crippen LogP contribution in [0.4, 0.5) is 4.79 Å². The van der Waals surface area contributed by atoms with Gasteiger partial charge < -0.3 is 10.6 Å². The molecular formula is C26H51N5O. The largest absolute Gasteiger partial charge is 0.338 e. The van der Waals surface area contributed by atoms with Crippen LogP contribution in [0.2, 0.25) is 0 Å². The number of rotatable bonds is 18. The molecule has 32 heavy (non-hydrogen) atoms. The average Bonchev–Trinajstić information content (AvgIpc) is 2.74. The Labute approximate surface area is 197 Å². The van der Waals surface area contributed by atoms with Gasteiger partial charge in [-0.3, -0.25) is 14.7 Å². The molecule has 2 N–H and O–H groups in total. The Morgan fingerprint density at radius 3 is 1.41 bits per heavy atom. The summed E-state index contributed by atoms with van der Waals surface area (Å²) in [4.78, 5) is 19.7. The van der Waals surface area contributed by atoms with E-state index in [1.54, 1.807) is 0 Å². The van der Waals surface area contributed by atoms with Crippen LogP contribution in [-0.4, -0.2) is 72.5 Å². The van der Waals surface area contributed by atoms with Gasteiger partial charge in [0.1, 0.15) is 0 Å². The molecule has 4 rings (SSSR count). The maximum atomic E-state index is 12.4. The van der Waals surface area contributed by atoms with E-state index >= 15 is 0 Å². The standard InChI is InChI=1S/C26H51N5O/c1-2-3-4-5-6-7-8-9-10-11-12-13-14-15-16-17-18-27-25(32)28-26-19-29-22-30(20-26)24-31(21-26)23-29/h2-24H2,1H3,(H2,27,28,32). The summed E-state index contributed by atoms with van der Waals surface area (Å²) in [7, 11) is 0. The Balaban J connectivity index is 1.06. The Hall–Kier alpha value is -0.850. The van der Waals surface area contributed by atoms with E-state index in [0.717, 1.165) is 52.6 Å². The quantitative estimate of drug-likeness (QED) is 0.286. The molecular weight excluding hydrogens is 398 g/mol. The zero-order chi connectivity index (χ0) is 22.5. The van der Waals surface area contributed by atoms with Crippen LogP contribution in [0.15, 0.2) is 0 Å². The lowest BCUT2D eigenvalue weighted by Crippen LogP contribution is -2.80. The van der Waals surface area contributed by atoms with Crippen LogP contribution in [0.3, 0.4) is 0 Å². The van der Waals surface area contributed by atoms with Crippen molar-refractivity contribution in [2.45, 2.75) is 115 Å². The highest BCUT2D eigenvalue weighted by Gasteiger charge is 2.49. The lowest BCUT2D eigenvalue weighted by atomic mass is 9.91. The zero-order valence-electron chi connectivity index (χ0n) is 21.0. The first-order chi connectivity index (χ1) is 15.7. The smallest absolute Gasteiger partial charge is 0.315 e. The van der Waals surface area contributed by atoms with Gasteiger partial charge in [0, 0.05) is 26.2 Å². The fourth-order valence-electron chi connectivity index (χ4n) is 6.00. The van der Waals surface area contributed by atoms with Crippen molar-refractivity contribution in [1.82, 2.24) is 25.3 Å². The van der Waals surface area contributed by atoms with E-state index in [2.05, 4.69) is 32.3 Å². The Bertz CT molecular complexity index is 491. The first kappa shape index (κ1) is 25.8. The molecule has 4 fully saturated rings. The van der Waals surface area contributed by atoms with Gasteiger partial charge in [-0.2, -0.15) is 0 Å². The molecule has 4 bridgehead atoms. The SMILES string of the molecule is CCCCCCCCCCCCCCCCCCNC(=O)NC12CN3CN(CN(C3)C1)C2. The second kappa shape index (κ2) is 14.4. The molecule has 2 amide bonds. The number of hydrogen-bond acceptors (Lipinski definition) is 4. The number of urea groups is 1. The fourth-order valence-corrected chi connectivity index (χ4v) is 6.00. The molecule has 4 saturated heterocycles. The average molecular weight is 450 g/mol. The van der Waals surface area contributed by atoms with E-state index < -0.39 is 0 Å². The molecule has 0 aromatic rings. The predicted octanol–water partition coefficient (Wildman–Crippen LogP) is 5.11. The van der Waals surface area contributed by atoms with Crippen LogP contribution in [-0.2, 0) is 0 Å². The van der Waals surface area contributed by atoms with Gasteiger partial charge in [0.15, 0.2) is 0 Å². The highest BCUT2D eigenvalue weighted by molar-refractivity contribution is 5.75. The number of hydrogen-bond donors (Lipinski definition) is 2. The van der Waals surface area contributed by atoms with Crippen molar-refractivity contribution >= 4 is 6.03 Å². The molecule has 4 aliphatic heterocycles. The Kier molecular flexibility index (Phi) is 11.6. The predicted molar refractivity (Wildman–Crippen MR) is 134 cm³/mol. The molecule has 0 atom stereocenters. The summed E-state index contributed by atoms with van der Waals surface area (Å²) in [6, 6.07) is 0.0245. The minimum Gasteiger partial charge on any atom is -0.338 e. The summed E-state index contributed by atoms with van der Waals surface area (Å²) in [6.45, 7) is 9.24. The Morgan fingerprint density at radius 1 is 0.625 bits per heavy atom. The summed E-state index contributed by atoms with van der Waals surface area (Å²) in [6.07, 6.45) is 22.1. The van der Waals surface area contributed by atoms with E-state index in [9.17, 15) is 4.79 Å². The van der Waals surface area contributed by atoms with Crippen LogP contribution in [0, 0.1) is 0 Å². The monoisotopic (exact) mass is 449 g/mol. The summed E-state index contributed by atoms with van der Waals surface area (Å²) in [5.74, 6) is 0. The summed E-state index contributed by atoms with van der Waals surface area (Å²) in [5, 5.41) is 6.41. The van der Waals surface area contributed by atoms with Gasteiger partial charge in [0.05, 0.1) is 25.5 Å². The molecule has 0 aromatic heterocycles. The number of nitrogens with one attached hydrogen (secondary N) is 2. The minimum atomic E-state index is -0.0759. The maximum absolute atomic E-state index is 12.4. The minimum absolute atomic E-state index is 0.0245. The first-order valence-corrected chi connectivity index (χ1v) is 13.9. The van der Waals surface area contributed by atoms with Crippen molar-refractivity contribution in [1.29, 1.82) is 0 Å². The highest BCUT2D eigenvalue weighted by Crippen LogP contribution is 2.28. The normalized spacial score (nSPS) is 28.2.